The molecule has 1 aromatic carbocycles. The molecular weight excluding hydrogens is 222 g/mol. The third-order valence-corrected chi connectivity index (χ3v) is 2.94. The predicted octanol–water partition coefficient (Wildman–Crippen LogP) is 1.95. The molecule has 0 saturated heterocycles. The van der Waals surface area contributed by atoms with Crippen LogP contribution in [-0.2, 0) is 13.2 Å². The van der Waals surface area contributed by atoms with Crippen LogP contribution in [0, 0.1) is 6.92 Å². The summed E-state index contributed by atoms with van der Waals surface area (Å²) in [5.41, 5.74) is 2.05. The third-order valence-electron chi connectivity index (χ3n) is 2.14. The van der Waals surface area contributed by atoms with Crippen molar-refractivity contribution < 1.29 is 5.11 Å². The Morgan fingerprint density at radius 2 is 2.12 bits per heavy atom. The number of nitrogens with one attached hydrogen (secondary N) is 1. The lowest BCUT2D eigenvalue weighted by molar-refractivity contribution is 0.281. The predicted molar refractivity (Wildman–Crippen MR) is 64.3 cm³/mol. The Hall–Kier alpha value is -1.46. The Bertz CT molecular complexity index is 470. The lowest BCUT2D eigenvalue weighted by Crippen LogP contribution is -1.99. The maximum absolute atomic E-state index is 9.01. The van der Waals surface area contributed by atoms with Gasteiger partial charge in [0.05, 0.1) is 6.61 Å². The molecule has 1 aromatic heterocycles. The summed E-state index contributed by atoms with van der Waals surface area (Å²) in [7, 11) is 0. The van der Waals surface area contributed by atoms with E-state index in [0.717, 1.165) is 21.3 Å². The molecule has 2 rings (SSSR count). The van der Waals surface area contributed by atoms with Crippen molar-refractivity contribution in [3.63, 3.8) is 0 Å². The van der Waals surface area contributed by atoms with Crippen molar-refractivity contribution in [3.8, 4) is 0 Å². The maximum Gasteiger partial charge on any atom is 0.205 e. The molecule has 0 aliphatic heterocycles. The molecule has 0 aliphatic rings. The summed E-state index contributed by atoms with van der Waals surface area (Å²) in [6, 6.07) is 7.83. The molecule has 0 unspecified atom stereocenters. The van der Waals surface area contributed by atoms with Crippen LogP contribution >= 0.6 is 11.3 Å². The number of aryl methyl sites for hydroxylation is 1. The molecule has 4 nitrogen and oxygen atoms in total. The fourth-order valence-corrected chi connectivity index (χ4v) is 1.97. The molecule has 0 radical (unpaired) electrons. The van der Waals surface area contributed by atoms with Gasteiger partial charge in [0.25, 0.3) is 0 Å². The number of benzene rings is 1. The van der Waals surface area contributed by atoms with Gasteiger partial charge in [0.1, 0.15) is 5.01 Å². The first-order valence-electron chi connectivity index (χ1n) is 5.00. The second kappa shape index (κ2) is 5.05. The second-order valence-corrected chi connectivity index (χ2v) is 4.64. The summed E-state index contributed by atoms with van der Waals surface area (Å²) in [5, 5.41) is 21.9. The molecule has 5 heteroatoms. The van der Waals surface area contributed by atoms with Crippen molar-refractivity contribution in [2.45, 2.75) is 20.1 Å². The molecule has 1 heterocycles. The Morgan fingerprint density at radius 3 is 2.81 bits per heavy atom. The molecule has 2 N–H and O–H groups in total. The van der Waals surface area contributed by atoms with E-state index in [2.05, 4.69) is 15.5 Å². The van der Waals surface area contributed by atoms with Crippen molar-refractivity contribution in [2.75, 3.05) is 5.32 Å². The fraction of sp³-hybridized carbons (Fsp3) is 0.273. The standard InChI is InChI=1S/C11H13N3OS/c1-8-13-14-11(16-8)12-6-9-3-2-4-10(5-9)7-15/h2-5,15H,6-7H2,1H3,(H,12,14). The van der Waals surface area contributed by atoms with Crippen LogP contribution in [0.4, 0.5) is 5.13 Å². The topological polar surface area (TPSA) is 58.0 Å². The number of aromatic nitrogens is 2. The van der Waals surface area contributed by atoms with Crippen LogP contribution in [0.2, 0.25) is 0 Å². The van der Waals surface area contributed by atoms with Gasteiger partial charge in [-0.3, -0.25) is 0 Å². The highest BCUT2D eigenvalue weighted by Crippen LogP contribution is 2.15. The minimum atomic E-state index is 0.0752. The van der Waals surface area contributed by atoms with E-state index in [9.17, 15) is 0 Å². The molecule has 84 valence electrons. The minimum Gasteiger partial charge on any atom is -0.392 e. The van der Waals surface area contributed by atoms with E-state index < -0.39 is 0 Å². The van der Waals surface area contributed by atoms with Crippen LogP contribution in [0.25, 0.3) is 0 Å². The molecule has 0 bridgehead atoms. The zero-order valence-electron chi connectivity index (χ0n) is 8.97. The van der Waals surface area contributed by atoms with E-state index >= 15 is 0 Å². The highest BCUT2D eigenvalue weighted by Gasteiger charge is 2.00. The van der Waals surface area contributed by atoms with Gasteiger partial charge >= 0.3 is 0 Å². The average Bonchev–Trinajstić information content (AvgIpc) is 2.73. The Kier molecular flexibility index (Phi) is 3.48. The molecule has 0 fully saturated rings. The summed E-state index contributed by atoms with van der Waals surface area (Å²) in [5.74, 6) is 0. The lowest BCUT2D eigenvalue weighted by atomic mass is 10.1. The van der Waals surface area contributed by atoms with Gasteiger partial charge in [0.15, 0.2) is 0 Å². The van der Waals surface area contributed by atoms with Crippen LogP contribution in [0.1, 0.15) is 16.1 Å². The van der Waals surface area contributed by atoms with Crippen LogP contribution in [0.5, 0.6) is 0 Å². The van der Waals surface area contributed by atoms with Gasteiger partial charge < -0.3 is 10.4 Å². The highest BCUT2D eigenvalue weighted by molar-refractivity contribution is 7.15. The van der Waals surface area contributed by atoms with Crippen molar-refractivity contribution in [1.82, 2.24) is 10.2 Å². The number of aliphatic hydroxyl groups is 1. The van der Waals surface area contributed by atoms with Gasteiger partial charge in [-0.15, -0.1) is 10.2 Å². The van der Waals surface area contributed by atoms with Crippen LogP contribution in [-0.4, -0.2) is 15.3 Å². The molecule has 0 spiro atoms. The summed E-state index contributed by atoms with van der Waals surface area (Å²) in [4.78, 5) is 0. The van der Waals surface area contributed by atoms with Crippen LogP contribution in [0.3, 0.4) is 0 Å². The van der Waals surface area contributed by atoms with Gasteiger partial charge in [-0.2, -0.15) is 0 Å². The van der Waals surface area contributed by atoms with Gasteiger partial charge in [-0.05, 0) is 18.1 Å². The Labute approximate surface area is 98.0 Å². The quantitative estimate of drug-likeness (QED) is 0.850. The third kappa shape index (κ3) is 2.77. The maximum atomic E-state index is 9.01. The molecule has 2 aromatic rings. The van der Waals surface area contributed by atoms with Crippen LogP contribution < -0.4 is 5.32 Å². The van der Waals surface area contributed by atoms with Crippen molar-refractivity contribution in [3.05, 3.63) is 40.4 Å². The smallest absolute Gasteiger partial charge is 0.205 e. The van der Waals surface area contributed by atoms with E-state index in [1.54, 1.807) is 0 Å². The lowest BCUT2D eigenvalue weighted by Gasteiger charge is -2.03. The first-order chi connectivity index (χ1) is 7.78. The molecular formula is C11H13N3OS. The van der Waals surface area contributed by atoms with Gasteiger partial charge in [0.2, 0.25) is 5.13 Å². The summed E-state index contributed by atoms with van der Waals surface area (Å²) >= 11 is 1.53. The van der Waals surface area contributed by atoms with E-state index in [4.69, 9.17) is 5.11 Å². The number of aliphatic hydroxyl groups excluding tert-OH is 1. The van der Waals surface area contributed by atoms with Gasteiger partial charge in [0, 0.05) is 6.54 Å². The number of hydrogen-bond acceptors (Lipinski definition) is 5. The molecule has 0 amide bonds. The van der Waals surface area contributed by atoms with Gasteiger partial charge in [-0.1, -0.05) is 35.6 Å². The summed E-state index contributed by atoms with van der Waals surface area (Å²) in [6.45, 7) is 2.70. The van der Waals surface area contributed by atoms with Crippen molar-refractivity contribution >= 4 is 16.5 Å². The fourth-order valence-electron chi connectivity index (χ4n) is 1.38. The first-order valence-corrected chi connectivity index (χ1v) is 5.82. The number of anilines is 1. The number of rotatable bonds is 4. The van der Waals surface area contributed by atoms with Crippen LogP contribution in [0.15, 0.2) is 24.3 Å². The van der Waals surface area contributed by atoms with E-state index in [1.807, 2.05) is 31.2 Å². The number of nitrogens with zero attached hydrogens (tertiary/aromatic N) is 2. The Balaban J connectivity index is 1.99. The monoisotopic (exact) mass is 235 g/mol. The highest BCUT2D eigenvalue weighted by atomic mass is 32.1. The SMILES string of the molecule is Cc1nnc(NCc2cccc(CO)c2)s1. The van der Waals surface area contributed by atoms with Gasteiger partial charge in [-0.25, -0.2) is 0 Å². The average molecular weight is 235 g/mol. The molecule has 0 aliphatic carbocycles. The molecule has 0 atom stereocenters. The number of hydrogen-bond donors (Lipinski definition) is 2. The zero-order chi connectivity index (χ0) is 11.4. The minimum absolute atomic E-state index is 0.0752. The van der Waals surface area contributed by atoms with E-state index in [1.165, 1.54) is 11.3 Å². The van der Waals surface area contributed by atoms with Crippen molar-refractivity contribution in [2.24, 2.45) is 0 Å². The van der Waals surface area contributed by atoms with E-state index in [0.29, 0.717) is 6.54 Å². The first kappa shape index (κ1) is 11.0. The summed E-state index contributed by atoms with van der Waals surface area (Å²) in [6.07, 6.45) is 0. The largest absolute Gasteiger partial charge is 0.392 e. The Morgan fingerprint density at radius 1 is 1.31 bits per heavy atom. The second-order valence-electron chi connectivity index (χ2n) is 3.46. The molecule has 16 heavy (non-hydrogen) atoms. The molecule has 0 saturated carbocycles. The van der Waals surface area contributed by atoms with Crippen molar-refractivity contribution in [1.29, 1.82) is 0 Å². The normalized spacial score (nSPS) is 10.4. The van der Waals surface area contributed by atoms with E-state index in [-0.39, 0.29) is 6.61 Å². The summed E-state index contributed by atoms with van der Waals surface area (Å²) < 4.78 is 0. The zero-order valence-corrected chi connectivity index (χ0v) is 9.79.